The van der Waals surface area contributed by atoms with Crippen molar-refractivity contribution < 1.29 is 18.3 Å². The van der Waals surface area contributed by atoms with Crippen molar-refractivity contribution in [1.29, 1.82) is 0 Å². The molecular formula is C14H13F2NO2. The first-order chi connectivity index (χ1) is 9.02. The highest BCUT2D eigenvalue weighted by molar-refractivity contribution is 5.84. The number of aryl methyl sites for hydroxylation is 2. The molecule has 1 heterocycles. The van der Waals surface area contributed by atoms with E-state index in [0.717, 1.165) is 12.1 Å². The van der Waals surface area contributed by atoms with Crippen molar-refractivity contribution >= 4 is 16.9 Å². The largest absolute Gasteiger partial charge is 0.469 e. The Labute approximate surface area is 109 Å². The maximum atomic E-state index is 13.8. The maximum Gasteiger partial charge on any atom is 0.305 e. The van der Waals surface area contributed by atoms with Gasteiger partial charge in [-0.1, -0.05) is 0 Å². The van der Waals surface area contributed by atoms with Crippen LogP contribution < -0.4 is 0 Å². The molecule has 1 aromatic carbocycles. The van der Waals surface area contributed by atoms with Crippen LogP contribution in [0.1, 0.15) is 17.7 Å². The van der Waals surface area contributed by atoms with E-state index in [9.17, 15) is 13.6 Å². The summed E-state index contributed by atoms with van der Waals surface area (Å²) in [5.74, 6) is -1.50. The number of methoxy groups -OCH3 is 1. The van der Waals surface area contributed by atoms with Crippen molar-refractivity contribution in [3.05, 3.63) is 41.1 Å². The fraction of sp³-hybridized carbons (Fsp3) is 0.286. The summed E-state index contributed by atoms with van der Waals surface area (Å²) >= 11 is 0. The number of nitrogens with zero attached hydrogens (tertiary/aromatic N) is 1. The number of esters is 1. The van der Waals surface area contributed by atoms with Crippen LogP contribution in [0.5, 0.6) is 0 Å². The van der Waals surface area contributed by atoms with E-state index >= 15 is 0 Å². The molecule has 0 bridgehead atoms. The van der Waals surface area contributed by atoms with Gasteiger partial charge in [0.25, 0.3) is 0 Å². The summed E-state index contributed by atoms with van der Waals surface area (Å²) in [5.41, 5.74) is 1.14. The molecule has 0 atom stereocenters. The summed E-state index contributed by atoms with van der Waals surface area (Å²) in [6, 6.07) is 3.78. The SMILES string of the molecule is COC(=O)CCc1cc(C)nc2c(F)ccc(F)c12. The van der Waals surface area contributed by atoms with Gasteiger partial charge in [0.1, 0.15) is 17.2 Å². The average molecular weight is 265 g/mol. The van der Waals surface area contributed by atoms with E-state index < -0.39 is 11.6 Å². The van der Waals surface area contributed by atoms with Gasteiger partial charge in [-0.2, -0.15) is 0 Å². The first-order valence-corrected chi connectivity index (χ1v) is 5.84. The Morgan fingerprint density at radius 2 is 2.00 bits per heavy atom. The van der Waals surface area contributed by atoms with Crippen LogP contribution in [0.15, 0.2) is 18.2 Å². The zero-order valence-corrected chi connectivity index (χ0v) is 10.7. The lowest BCUT2D eigenvalue weighted by molar-refractivity contribution is -0.140. The van der Waals surface area contributed by atoms with Gasteiger partial charge in [-0.25, -0.2) is 13.8 Å². The number of benzene rings is 1. The van der Waals surface area contributed by atoms with Crippen LogP contribution in [0.4, 0.5) is 8.78 Å². The third kappa shape index (κ3) is 2.70. The predicted molar refractivity (Wildman–Crippen MR) is 66.7 cm³/mol. The number of fused-ring (bicyclic) bond motifs is 1. The smallest absolute Gasteiger partial charge is 0.305 e. The van der Waals surface area contributed by atoms with Crippen LogP contribution in [-0.4, -0.2) is 18.1 Å². The molecule has 100 valence electrons. The third-order valence-corrected chi connectivity index (χ3v) is 2.90. The van der Waals surface area contributed by atoms with Gasteiger partial charge in [-0.3, -0.25) is 4.79 Å². The molecule has 0 radical (unpaired) electrons. The Hall–Kier alpha value is -2.04. The number of pyridine rings is 1. The normalized spacial score (nSPS) is 10.7. The van der Waals surface area contributed by atoms with Crippen molar-refractivity contribution in [3.63, 3.8) is 0 Å². The summed E-state index contributed by atoms with van der Waals surface area (Å²) in [4.78, 5) is 15.2. The monoisotopic (exact) mass is 265 g/mol. The Morgan fingerprint density at radius 1 is 1.32 bits per heavy atom. The molecule has 0 amide bonds. The van der Waals surface area contributed by atoms with E-state index in [1.165, 1.54) is 7.11 Å². The molecule has 0 N–H and O–H groups in total. The fourth-order valence-corrected chi connectivity index (χ4v) is 2.02. The van der Waals surface area contributed by atoms with Crippen molar-refractivity contribution in [2.45, 2.75) is 19.8 Å². The molecule has 2 aromatic rings. The third-order valence-electron chi connectivity index (χ3n) is 2.90. The second kappa shape index (κ2) is 5.30. The second-order valence-corrected chi connectivity index (χ2v) is 4.25. The molecule has 0 fully saturated rings. The molecule has 19 heavy (non-hydrogen) atoms. The highest BCUT2D eigenvalue weighted by atomic mass is 19.1. The summed E-state index contributed by atoms with van der Waals surface area (Å²) in [6.45, 7) is 1.70. The van der Waals surface area contributed by atoms with Crippen LogP contribution in [0.2, 0.25) is 0 Å². The fourth-order valence-electron chi connectivity index (χ4n) is 2.02. The number of carbonyl (C=O) groups is 1. The van der Waals surface area contributed by atoms with Gasteiger partial charge >= 0.3 is 5.97 Å². The number of rotatable bonds is 3. The van der Waals surface area contributed by atoms with Crippen molar-refractivity contribution in [2.75, 3.05) is 7.11 Å². The Morgan fingerprint density at radius 3 is 2.68 bits per heavy atom. The molecule has 2 rings (SSSR count). The molecule has 0 aliphatic carbocycles. The molecule has 1 aromatic heterocycles. The van der Waals surface area contributed by atoms with Crippen LogP contribution in [0.25, 0.3) is 10.9 Å². The average Bonchev–Trinajstić information content (AvgIpc) is 2.39. The number of hydrogen-bond acceptors (Lipinski definition) is 3. The van der Waals surface area contributed by atoms with Crippen molar-refractivity contribution in [3.8, 4) is 0 Å². The van der Waals surface area contributed by atoms with Gasteiger partial charge in [-0.15, -0.1) is 0 Å². The van der Waals surface area contributed by atoms with Crippen LogP contribution in [0.3, 0.4) is 0 Å². The lowest BCUT2D eigenvalue weighted by atomic mass is 10.0. The molecule has 0 saturated heterocycles. The minimum absolute atomic E-state index is 0.000124. The summed E-state index contributed by atoms with van der Waals surface area (Å²) in [7, 11) is 1.29. The van der Waals surface area contributed by atoms with Crippen molar-refractivity contribution in [2.24, 2.45) is 0 Å². The molecule has 0 aliphatic rings. The molecule has 5 heteroatoms. The number of ether oxygens (including phenoxy) is 1. The molecule has 0 spiro atoms. The minimum atomic E-state index is -0.570. The van der Waals surface area contributed by atoms with Gasteiger partial charge in [0.2, 0.25) is 0 Å². The van der Waals surface area contributed by atoms with Gasteiger partial charge < -0.3 is 4.74 Å². The van der Waals surface area contributed by atoms with E-state index in [1.54, 1.807) is 13.0 Å². The van der Waals surface area contributed by atoms with E-state index in [1.807, 2.05) is 0 Å². The van der Waals surface area contributed by atoms with Crippen LogP contribution in [0, 0.1) is 18.6 Å². The first-order valence-electron chi connectivity index (χ1n) is 5.84. The Bertz CT molecular complexity index is 641. The van der Waals surface area contributed by atoms with Gasteiger partial charge in [0, 0.05) is 17.5 Å². The lowest BCUT2D eigenvalue weighted by Crippen LogP contribution is -2.04. The summed E-state index contributed by atoms with van der Waals surface area (Å²) in [5, 5.41) is 0.134. The highest BCUT2D eigenvalue weighted by Gasteiger charge is 2.14. The predicted octanol–water partition coefficient (Wildman–Crippen LogP) is 2.93. The van der Waals surface area contributed by atoms with Gasteiger partial charge in [-0.05, 0) is 37.1 Å². The van der Waals surface area contributed by atoms with Crippen LogP contribution >= 0.6 is 0 Å². The Balaban J connectivity index is 2.53. The van der Waals surface area contributed by atoms with E-state index in [-0.39, 0.29) is 29.7 Å². The highest BCUT2D eigenvalue weighted by Crippen LogP contribution is 2.25. The standard InChI is InChI=1S/C14H13F2NO2/c1-8-7-9(3-6-12(18)19-2)13-10(15)4-5-11(16)14(13)17-8/h4-5,7H,3,6H2,1-2H3. The minimum Gasteiger partial charge on any atom is -0.469 e. The van der Waals surface area contributed by atoms with Gasteiger partial charge in [0.05, 0.1) is 7.11 Å². The molecule has 0 unspecified atom stereocenters. The second-order valence-electron chi connectivity index (χ2n) is 4.25. The lowest BCUT2D eigenvalue weighted by Gasteiger charge is -2.09. The number of aromatic nitrogens is 1. The number of carbonyl (C=O) groups excluding carboxylic acids is 1. The van der Waals surface area contributed by atoms with Crippen LogP contribution in [-0.2, 0) is 16.0 Å². The zero-order chi connectivity index (χ0) is 14.0. The topological polar surface area (TPSA) is 39.2 Å². The quantitative estimate of drug-likeness (QED) is 0.801. The maximum absolute atomic E-state index is 13.8. The van der Waals surface area contributed by atoms with Gasteiger partial charge in [0.15, 0.2) is 0 Å². The zero-order valence-electron chi connectivity index (χ0n) is 10.7. The molecule has 0 saturated carbocycles. The number of halogens is 2. The molecule has 3 nitrogen and oxygen atoms in total. The van der Waals surface area contributed by atoms with Crippen molar-refractivity contribution in [1.82, 2.24) is 4.98 Å². The summed E-state index contributed by atoms with van der Waals surface area (Å²) in [6.07, 6.45) is 0.401. The molecule has 0 aliphatic heterocycles. The Kier molecular flexibility index (Phi) is 3.74. The number of hydrogen-bond donors (Lipinski definition) is 0. The van der Waals surface area contributed by atoms with E-state index in [2.05, 4.69) is 9.72 Å². The first kappa shape index (κ1) is 13.4. The summed E-state index contributed by atoms with van der Waals surface area (Å²) < 4.78 is 32.1. The van der Waals surface area contributed by atoms with E-state index in [4.69, 9.17) is 0 Å². The van der Waals surface area contributed by atoms with E-state index in [0.29, 0.717) is 11.3 Å². The molecular weight excluding hydrogens is 252 g/mol.